The zero-order valence-corrected chi connectivity index (χ0v) is 7.03. The topological polar surface area (TPSA) is 52.0 Å². The van der Waals surface area contributed by atoms with E-state index in [0.29, 0.717) is 12.7 Å². The highest BCUT2D eigenvalue weighted by molar-refractivity contribution is 4.89. The smallest absolute Gasteiger partial charge is 0.108 e. The third-order valence-corrected chi connectivity index (χ3v) is 1.86. The van der Waals surface area contributed by atoms with Crippen LogP contribution >= 0.6 is 0 Å². The lowest BCUT2D eigenvalue weighted by molar-refractivity contribution is 0.00602. The van der Waals surface area contributed by atoms with Crippen molar-refractivity contribution in [3.05, 3.63) is 11.9 Å². The van der Waals surface area contributed by atoms with Crippen LogP contribution in [0.3, 0.4) is 0 Å². The third-order valence-electron chi connectivity index (χ3n) is 1.86. The lowest BCUT2D eigenvalue weighted by Crippen LogP contribution is -2.48. The van der Waals surface area contributed by atoms with Crippen LogP contribution in [0.25, 0.3) is 0 Å². The Morgan fingerprint density at radius 3 is 3.08 bits per heavy atom. The maximum atomic E-state index is 5.50. The van der Waals surface area contributed by atoms with Gasteiger partial charge in [0.2, 0.25) is 0 Å². The van der Waals surface area contributed by atoms with E-state index in [0.717, 1.165) is 18.8 Å². The molecule has 1 aromatic rings. The number of nitrogens with zero attached hydrogens (tertiary/aromatic N) is 3. The summed E-state index contributed by atoms with van der Waals surface area (Å²) in [7, 11) is 1.85. The number of hydrogen-bond acceptors (Lipinski definition) is 4. The quantitative estimate of drug-likeness (QED) is 0.648. The maximum Gasteiger partial charge on any atom is 0.108 e. The average Bonchev–Trinajstić information content (AvgIpc) is 2.32. The van der Waals surface area contributed by atoms with Crippen LogP contribution in [0.5, 0.6) is 0 Å². The summed E-state index contributed by atoms with van der Waals surface area (Å²) in [5.74, 6) is 0. The zero-order valence-electron chi connectivity index (χ0n) is 7.03. The molecule has 5 nitrogen and oxygen atoms in total. The molecular weight excluding hydrogens is 156 g/mol. The molecule has 0 atom stereocenters. The number of aryl methyl sites for hydroxylation is 1. The highest BCUT2D eigenvalue weighted by atomic mass is 16.5. The SMILES string of the molecule is Cn1cc(COC2CNC2)nn1. The van der Waals surface area contributed by atoms with Crippen molar-refractivity contribution in [2.75, 3.05) is 13.1 Å². The van der Waals surface area contributed by atoms with Crippen molar-refractivity contribution < 1.29 is 4.74 Å². The van der Waals surface area contributed by atoms with E-state index < -0.39 is 0 Å². The number of aromatic nitrogens is 3. The third kappa shape index (κ3) is 1.62. The van der Waals surface area contributed by atoms with Gasteiger partial charge in [-0.2, -0.15) is 0 Å². The fourth-order valence-corrected chi connectivity index (χ4v) is 1.04. The molecule has 0 aliphatic carbocycles. The van der Waals surface area contributed by atoms with Crippen LogP contribution < -0.4 is 5.32 Å². The van der Waals surface area contributed by atoms with Crippen LogP contribution in [0.1, 0.15) is 5.69 Å². The summed E-state index contributed by atoms with van der Waals surface area (Å²) in [6.07, 6.45) is 2.23. The molecule has 0 unspecified atom stereocenters. The highest BCUT2D eigenvalue weighted by Gasteiger charge is 2.17. The van der Waals surface area contributed by atoms with Gasteiger partial charge in [-0.15, -0.1) is 5.10 Å². The Hall–Kier alpha value is -0.940. The van der Waals surface area contributed by atoms with E-state index in [1.54, 1.807) is 4.68 Å². The van der Waals surface area contributed by atoms with Crippen molar-refractivity contribution in [3.63, 3.8) is 0 Å². The van der Waals surface area contributed by atoms with Crippen LogP contribution in [0.2, 0.25) is 0 Å². The van der Waals surface area contributed by atoms with Gasteiger partial charge in [0.1, 0.15) is 5.69 Å². The Bertz CT molecular complexity index is 256. The molecule has 1 saturated heterocycles. The van der Waals surface area contributed by atoms with E-state index in [-0.39, 0.29) is 0 Å². The lowest BCUT2D eigenvalue weighted by atomic mass is 10.2. The Labute approximate surface area is 70.7 Å². The molecule has 66 valence electrons. The number of nitrogens with one attached hydrogen (secondary N) is 1. The van der Waals surface area contributed by atoms with E-state index in [4.69, 9.17) is 4.74 Å². The summed E-state index contributed by atoms with van der Waals surface area (Å²) in [4.78, 5) is 0. The molecule has 0 saturated carbocycles. The minimum absolute atomic E-state index is 0.368. The molecular formula is C7H12N4O. The van der Waals surface area contributed by atoms with Crippen molar-refractivity contribution in [2.24, 2.45) is 7.05 Å². The standard InChI is InChI=1S/C7H12N4O/c1-11-4-6(9-10-11)5-12-7-2-8-3-7/h4,7-8H,2-3,5H2,1H3. The molecule has 1 aliphatic rings. The first-order valence-corrected chi connectivity index (χ1v) is 4.02. The molecule has 1 N–H and O–H groups in total. The first-order chi connectivity index (χ1) is 5.84. The molecule has 0 aromatic carbocycles. The molecule has 0 radical (unpaired) electrons. The van der Waals surface area contributed by atoms with Gasteiger partial charge < -0.3 is 10.1 Å². The zero-order chi connectivity index (χ0) is 8.39. The van der Waals surface area contributed by atoms with Gasteiger partial charge in [0.15, 0.2) is 0 Å². The second kappa shape index (κ2) is 3.20. The fraction of sp³-hybridized carbons (Fsp3) is 0.714. The first-order valence-electron chi connectivity index (χ1n) is 4.02. The summed E-state index contributed by atoms with van der Waals surface area (Å²) < 4.78 is 7.18. The van der Waals surface area contributed by atoms with Gasteiger partial charge in [-0.3, -0.25) is 4.68 Å². The van der Waals surface area contributed by atoms with Gasteiger partial charge in [-0.1, -0.05) is 5.21 Å². The number of hydrogen-bond donors (Lipinski definition) is 1. The van der Waals surface area contributed by atoms with E-state index >= 15 is 0 Å². The van der Waals surface area contributed by atoms with Gasteiger partial charge >= 0.3 is 0 Å². The predicted molar refractivity (Wildman–Crippen MR) is 42.4 cm³/mol. The van der Waals surface area contributed by atoms with Gasteiger partial charge in [0, 0.05) is 20.1 Å². The van der Waals surface area contributed by atoms with Crippen LogP contribution in [0.15, 0.2) is 6.20 Å². The lowest BCUT2D eigenvalue weighted by Gasteiger charge is -2.26. The second-order valence-electron chi connectivity index (χ2n) is 2.97. The summed E-state index contributed by atoms with van der Waals surface area (Å²) in [5, 5.41) is 10.9. The summed E-state index contributed by atoms with van der Waals surface area (Å²) in [6.45, 7) is 2.49. The minimum atomic E-state index is 0.368. The summed E-state index contributed by atoms with van der Waals surface area (Å²) >= 11 is 0. The predicted octanol–water partition coefficient (Wildman–Crippen LogP) is -0.696. The van der Waals surface area contributed by atoms with Crippen LogP contribution in [-0.4, -0.2) is 34.2 Å². The molecule has 1 aromatic heterocycles. The Kier molecular flexibility index (Phi) is 2.05. The Balaban J connectivity index is 1.79. The van der Waals surface area contributed by atoms with Crippen LogP contribution in [0.4, 0.5) is 0 Å². The molecule has 0 bridgehead atoms. The molecule has 12 heavy (non-hydrogen) atoms. The Morgan fingerprint density at radius 1 is 1.75 bits per heavy atom. The minimum Gasteiger partial charge on any atom is -0.369 e. The normalized spacial score (nSPS) is 17.8. The van der Waals surface area contributed by atoms with E-state index in [1.165, 1.54) is 0 Å². The van der Waals surface area contributed by atoms with Crippen molar-refractivity contribution in [3.8, 4) is 0 Å². The monoisotopic (exact) mass is 168 g/mol. The van der Waals surface area contributed by atoms with E-state index in [2.05, 4.69) is 15.6 Å². The van der Waals surface area contributed by atoms with Crippen molar-refractivity contribution in [1.29, 1.82) is 0 Å². The summed E-state index contributed by atoms with van der Waals surface area (Å²) in [5.41, 5.74) is 0.893. The van der Waals surface area contributed by atoms with Gasteiger partial charge in [-0.05, 0) is 0 Å². The van der Waals surface area contributed by atoms with Crippen molar-refractivity contribution in [1.82, 2.24) is 20.3 Å². The van der Waals surface area contributed by atoms with Gasteiger partial charge in [-0.25, -0.2) is 0 Å². The number of ether oxygens (including phenoxy) is 1. The fourth-order valence-electron chi connectivity index (χ4n) is 1.04. The maximum absolute atomic E-state index is 5.50. The molecule has 1 fully saturated rings. The molecule has 1 aliphatic heterocycles. The van der Waals surface area contributed by atoms with E-state index in [1.807, 2.05) is 13.2 Å². The van der Waals surface area contributed by atoms with Gasteiger partial charge in [0.05, 0.1) is 18.9 Å². The highest BCUT2D eigenvalue weighted by Crippen LogP contribution is 2.02. The molecule has 0 amide bonds. The van der Waals surface area contributed by atoms with Crippen molar-refractivity contribution >= 4 is 0 Å². The molecule has 2 rings (SSSR count). The molecule has 0 spiro atoms. The molecule has 2 heterocycles. The molecule has 5 heteroatoms. The second-order valence-corrected chi connectivity index (χ2v) is 2.97. The van der Waals surface area contributed by atoms with Crippen LogP contribution in [-0.2, 0) is 18.4 Å². The van der Waals surface area contributed by atoms with Crippen LogP contribution in [0, 0.1) is 0 Å². The first kappa shape index (κ1) is 7.70. The average molecular weight is 168 g/mol. The van der Waals surface area contributed by atoms with Gasteiger partial charge in [0.25, 0.3) is 0 Å². The number of rotatable bonds is 3. The largest absolute Gasteiger partial charge is 0.369 e. The van der Waals surface area contributed by atoms with E-state index in [9.17, 15) is 0 Å². The summed E-state index contributed by atoms with van der Waals surface area (Å²) in [6, 6.07) is 0. The Morgan fingerprint density at radius 2 is 2.58 bits per heavy atom. The van der Waals surface area contributed by atoms with Crippen molar-refractivity contribution in [2.45, 2.75) is 12.7 Å².